The van der Waals surface area contributed by atoms with E-state index in [4.69, 9.17) is 5.11 Å². The van der Waals surface area contributed by atoms with Crippen LogP contribution in [0.15, 0.2) is 18.2 Å². The Kier molecular flexibility index (Phi) is 4.08. The van der Waals surface area contributed by atoms with Gasteiger partial charge in [-0.2, -0.15) is 0 Å². The quantitative estimate of drug-likeness (QED) is 0.671. The first-order valence-electron chi connectivity index (χ1n) is 5.56. The first-order chi connectivity index (χ1) is 8.62. The van der Waals surface area contributed by atoms with Crippen molar-refractivity contribution >= 4 is 17.3 Å². The summed E-state index contributed by atoms with van der Waals surface area (Å²) in [6, 6.07) is 3.08. The molecule has 1 N–H and O–H groups in total. The maximum absolute atomic E-state index is 13.1. The van der Waals surface area contributed by atoms with Crippen LogP contribution in [0.1, 0.15) is 20.8 Å². The zero-order valence-corrected chi connectivity index (χ0v) is 10.9. The van der Waals surface area contributed by atoms with Gasteiger partial charge in [0.2, 0.25) is 0 Å². The van der Waals surface area contributed by atoms with E-state index in [2.05, 4.69) is 0 Å². The molecule has 1 aromatic carbocycles. The number of hydrogen-bond donors (Lipinski definition) is 1. The summed E-state index contributed by atoms with van der Waals surface area (Å²) in [4.78, 5) is 22.5. The van der Waals surface area contributed by atoms with E-state index in [0.29, 0.717) is 0 Å². The van der Waals surface area contributed by atoms with Gasteiger partial charge in [-0.05, 0) is 32.9 Å². The second-order valence-corrected chi connectivity index (χ2v) is 5.04. The Morgan fingerprint density at radius 3 is 2.47 bits per heavy atom. The molecular formula is C12H15FN2O4. The van der Waals surface area contributed by atoms with E-state index in [1.54, 1.807) is 20.8 Å². The van der Waals surface area contributed by atoms with Crippen molar-refractivity contribution in [3.05, 3.63) is 34.1 Å². The van der Waals surface area contributed by atoms with Crippen LogP contribution in [0.25, 0.3) is 0 Å². The molecule has 0 radical (unpaired) electrons. The molecule has 0 heterocycles. The lowest BCUT2D eigenvalue weighted by atomic mass is 10.0. The highest BCUT2D eigenvalue weighted by Gasteiger charge is 2.29. The summed E-state index contributed by atoms with van der Waals surface area (Å²) in [5, 5.41) is 19.9. The largest absolute Gasteiger partial charge is 0.480 e. The van der Waals surface area contributed by atoms with Crippen LogP contribution in [0.5, 0.6) is 0 Å². The van der Waals surface area contributed by atoms with E-state index in [1.807, 2.05) is 0 Å². The molecule has 0 aliphatic heterocycles. The minimum absolute atomic E-state index is 0.0845. The van der Waals surface area contributed by atoms with Crippen LogP contribution in [0.4, 0.5) is 15.8 Å². The maximum Gasteiger partial charge on any atom is 0.323 e. The second kappa shape index (κ2) is 5.21. The summed E-state index contributed by atoms with van der Waals surface area (Å²) in [5.41, 5.74) is -1.02. The van der Waals surface area contributed by atoms with Crippen LogP contribution in [0.3, 0.4) is 0 Å². The summed E-state index contributed by atoms with van der Waals surface area (Å²) in [6.45, 7) is 4.77. The van der Waals surface area contributed by atoms with Crippen molar-refractivity contribution in [1.29, 1.82) is 0 Å². The molecule has 0 spiro atoms. The second-order valence-electron chi connectivity index (χ2n) is 5.04. The smallest absolute Gasteiger partial charge is 0.323 e. The van der Waals surface area contributed by atoms with Gasteiger partial charge in [0.1, 0.15) is 18.0 Å². The standard InChI is InChI=1S/C12H15FN2O4/c1-12(2,3)14(7-11(16)17)9-5-4-8(13)6-10(9)15(18)19/h4-6H,7H2,1-3H3,(H,16,17). The molecule has 6 nitrogen and oxygen atoms in total. The first-order valence-corrected chi connectivity index (χ1v) is 5.56. The normalized spacial score (nSPS) is 11.2. The van der Waals surface area contributed by atoms with E-state index in [9.17, 15) is 19.3 Å². The van der Waals surface area contributed by atoms with Crippen molar-refractivity contribution in [2.75, 3.05) is 11.4 Å². The molecule has 0 amide bonds. The Labute approximate surface area is 109 Å². The average Bonchev–Trinajstić information content (AvgIpc) is 2.24. The summed E-state index contributed by atoms with van der Waals surface area (Å²) >= 11 is 0. The number of carboxylic acids is 1. The Morgan fingerprint density at radius 1 is 1.47 bits per heavy atom. The molecule has 0 aliphatic carbocycles. The Balaban J connectivity index is 3.37. The summed E-state index contributed by atoms with van der Waals surface area (Å²) in [6.07, 6.45) is 0. The fraction of sp³-hybridized carbons (Fsp3) is 0.417. The van der Waals surface area contributed by atoms with E-state index in [1.165, 1.54) is 11.0 Å². The van der Waals surface area contributed by atoms with Crippen LogP contribution in [0.2, 0.25) is 0 Å². The molecule has 7 heteroatoms. The maximum atomic E-state index is 13.1. The molecule has 0 saturated heterocycles. The van der Waals surface area contributed by atoms with Gasteiger partial charge in [-0.15, -0.1) is 0 Å². The number of anilines is 1. The van der Waals surface area contributed by atoms with E-state index in [-0.39, 0.29) is 5.69 Å². The lowest BCUT2D eigenvalue weighted by Crippen LogP contribution is -2.45. The number of nitro groups is 1. The number of carbonyl (C=O) groups is 1. The van der Waals surface area contributed by atoms with Gasteiger partial charge in [0.15, 0.2) is 0 Å². The van der Waals surface area contributed by atoms with Crippen LogP contribution >= 0.6 is 0 Å². The molecule has 19 heavy (non-hydrogen) atoms. The van der Waals surface area contributed by atoms with Gasteiger partial charge in [0.25, 0.3) is 5.69 Å². The molecule has 0 atom stereocenters. The molecule has 0 unspecified atom stereocenters. The van der Waals surface area contributed by atoms with Crippen molar-refractivity contribution in [1.82, 2.24) is 0 Å². The fourth-order valence-corrected chi connectivity index (χ4v) is 1.69. The average molecular weight is 270 g/mol. The number of nitrogens with zero attached hydrogens (tertiary/aromatic N) is 2. The van der Waals surface area contributed by atoms with Crippen molar-refractivity contribution in [3.63, 3.8) is 0 Å². The molecule has 0 bridgehead atoms. The minimum atomic E-state index is -1.12. The number of aliphatic carboxylic acids is 1. The number of halogens is 1. The Hall–Kier alpha value is -2.18. The molecule has 0 fully saturated rings. The number of carboxylic acid groups (broad SMARTS) is 1. The minimum Gasteiger partial charge on any atom is -0.480 e. The third-order valence-corrected chi connectivity index (χ3v) is 2.53. The van der Waals surface area contributed by atoms with Crippen molar-refractivity contribution < 1.29 is 19.2 Å². The number of benzene rings is 1. The van der Waals surface area contributed by atoms with Crippen LogP contribution in [0, 0.1) is 15.9 Å². The Morgan fingerprint density at radius 2 is 2.05 bits per heavy atom. The van der Waals surface area contributed by atoms with Crippen molar-refractivity contribution in [3.8, 4) is 0 Å². The molecule has 104 valence electrons. The number of nitro benzene ring substituents is 1. The molecular weight excluding hydrogens is 255 g/mol. The van der Waals surface area contributed by atoms with Gasteiger partial charge in [-0.25, -0.2) is 4.39 Å². The zero-order chi connectivity index (χ0) is 14.8. The highest BCUT2D eigenvalue weighted by atomic mass is 19.1. The van der Waals surface area contributed by atoms with Gasteiger partial charge in [-0.3, -0.25) is 14.9 Å². The van der Waals surface area contributed by atoms with E-state index >= 15 is 0 Å². The topological polar surface area (TPSA) is 83.7 Å². The van der Waals surface area contributed by atoms with Crippen molar-refractivity contribution in [2.24, 2.45) is 0 Å². The third kappa shape index (κ3) is 3.64. The summed E-state index contributed by atoms with van der Waals surface area (Å²) in [7, 11) is 0. The SMILES string of the molecule is CC(C)(C)N(CC(=O)O)c1ccc(F)cc1[N+](=O)[O-]. The lowest BCUT2D eigenvalue weighted by Gasteiger charge is -2.35. The van der Waals surface area contributed by atoms with Gasteiger partial charge in [0, 0.05) is 5.54 Å². The van der Waals surface area contributed by atoms with Gasteiger partial charge < -0.3 is 10.0 Å². The molecule has 0 saturated carbocycles. The highest BCUT2D eigenvalue weighted by molar-refractivity contribution is 5.77. The third-order valence-electron chi connectivity index (χ3n) is 2.53. The van der Waals surface area contributed by atoms with Gasteiger partial charge in [-0.1, -0.05) is 0 Å². The first kappa shape index (κ1) is 14.9. The monoisotopic (exact) mass is 270 g/mol. The number of rotatable bonds is 4. The fourth-order valence-electron chi connectivity index (χ4n) is 1.69. The molecule has 0 aromatic heterocycles. The van der Waals surface area contributed by atoms with Crippen LogP contribution < -0.4 is 4.90 Å². The highest BCUT2D eigenvalue weighted by Crippen LogP contribution is 2.33. The zero-order valence-electron chi connectivity index (χ0n) is 10.9. The Bertz CT molecular complexity index is 511. The molecule has 1 aromatic rings. The van der Waals surface area contributed by atoms with E-state index in [0.717, 1.165) is 12.1 Å². The van der Waals surface area contributed by atoms with Gasteiger partial charge >= 0.3 is 5.97 Å². The molecule has 0 aliphatic rings. The van der Waals surface area contributed by atoms with Crippen LogP contribution in [-0.2, 0) is 4.79 Å². The summed E-state index contributed by atoms with van der Waals surface area (Å²) in [5.74, 6) is -1.85. The number of hydrogen-bond acceptors (Lipinski definition) is 4. The predicted molar refractivity (Wildman–Crippen MR) is 67.8 cm³/mol. The van der Waals surface area contributed by atoms with Crippen molar-refractivity contribution in [2.45, 2.75) is 26.3 Å². The molecule has 1 rings (SSSR count). The lowest BCUT2D eigenvalue weighted by molar-refractivity contribution is -0.384. The summed E-state index contributed by atoms with van der Waals surface area (Å²) < 4.78 is 13.1. The van der Waals surface area contributed by atoms with E-state index < -0.39 is 34.5 Å². The predicted octanol–water partition coefficient (Wildman–Crippen LogP) is 2.42. The van der Waals surface area contributed by atoms with Crippen LogP contribution in [-0.4, -0.2) is 28.1 Å². The van der Waals surface area contributed by atoms with Gasteiger partial charge in [0.05, 0.1) is 11.0 Å².